The highest BCUT2D eigenvalue weighted by molar-refractivity contribution is 7.89. The Morgan fingerprint density at radius 2 is 1.73 bits per heavy atom. The Kier molecular flexibility index (Phi) is 3.26. The van der Waals surface area contributed by atoms with Gasteiger partial charge in [-0.25, -0.2) is 13.1 Å². The fraction of sp³-hybridized carbons (Fsp3) is 0.400. The highest BCUT2D eigenvalue weighted by Crippen LogP contribution is 2.09. The lowest BCUT2D eigenvalue weighted by Gasteiger charge is -2.21. The third-order valence-electron chi connectivity index (χ3n) is 1.65. The zero-order chi connectivity index (χ0) is 11.7. The van der Waals surface area contributed by atoms with E-state index in [9.17, 15) is 8.42 Å². The molecule has 0 saturated carbocycles. The second kappa shape index (κ2) is 3.98. The van der Waals surface area contributed by atoms with Crippen LogP contribution < -0.4 is 10.2 Å². The van der Waals surface area contributed by atoms with Gasteiger partial charge in [0.15, 0.2) is 0 Å². The molecule has 0 unspecified atom stereocenters. The van der Waals surface area contributed by atoms with Crippen LogP contribution in [-0.2, 0) is 10.0 Å². The Balaban J connectivity index is 3.13. The van der Waals surface area contributed by atoms with Crippen molar-refractivity contribution in [1.82, 2.24) is 4.72 Å². The molecule has 3 nitrogen and oxygen atoms in total. The molecule has 0 fully saturated rings. The summed E-state index contributed by atoms with van der Waals surface area (Å²) in [4.78, 5) is 0.125. The van der Waals surface area contributed by atoms with E-state index in [0.717, 1.165) is 0 Å². The SMILES string of the molecule is [B]c1ccccc1S(=O)(=O)NC(C)(C)C. The summed E-state index contributed by atoms with van der Waals surface area (Å²) in [5.41, 5.74) is -0.254. The predicted molar refractivity (Wildman–Crippen MR) is 61.9 cm³/mol. The van der Waals surface area contributed by atoms with E-state index >= 15 is 0 Å². The molecule has 1 aromatic rings. The minimum absolute atomic E-state index is 0.125. The molecule has 0 amide bonds. The van der Waals surface area contributed by atoms with Gasteiger partial charge < -0.3 is 0 Å². The molecule has 0 spiro atoms. The molecule has 2 radical (unpaired) electrons. The number of rotatable bonds is 2. The average Bonchev–Trinajstić information content (AvgIpc) is 1.99. The molecule has 0 aliphatic heterocycles. The van der Waals surface area contributed by atoms with Gasteiger partial charge in [0.2, 0.25) is 10.0 Å². The maximum atomic E-state index is 11.9. The van der Waals surface area contributed by atoms with Gasteiger partial charge in [0.1, 0.15) is 7.85 Å². The number of nitrogens with one attached hydrogen (secondary N) is 1. The van der Waals surface area contributed by atoms with Crippen molar-refractivity contribution in [2.75, 3.05) is 0 Å². The van der Waals surface area contributed by atoms with Crippen LogP contribution >= 0.6 is 0 Å². The summed E-state index contributed by atoms with van der Waals surface area (Å²) < 4.78 is 26.3. The largest absolute Gasteiger partial charge is 0.240 e. The fourth-order valence-electron chi connectivity index (χ4n) is 1.18. The van der Waals surface area contributed by atoms with Gasteiger partial charge >= 0.3 is 0 Å². The minimum atomic E-state index is -3.52. The van der Waals surface area contributed by atoms with Crippen molar-refractivity contribution < 1.29 is 8.42 Å². The summed E-state index contributed by atoms with van der Waals surface area (Å²) >= 11 is 0. The predicted octanol–water partition coefficient (Wildman–Crippen LogP) is 0.557. The highest BCUT2D eigenvalue weighted by Gasteiger charge is 2.22. The van der Waals surface area contributed by atoms with Crippen molar-refractivity contribution in [2.24, 2.45) is 0 Å². The number of hydrogen-bond acceptors (Lipinski definition) is 2. The van der Waals surface area contributed by atoms with Crippen LogP contribution in [0.2, 0.25) is 0 Å². The summed E-state index contributed by atoms with van der Waals surface area (Å²) in [5, 5.41) is 0. The molecule has 80 valence electrons. The zero-order valence-electron chi connectivity index (χ0n) is 9.11. The maximum absolute atomic E-state index is 11.9. The lowest BCUT2D eigenvalue weighted by atomic mass is 9.97. The number of hydrogen-bond donors (Lipinski definition) is 1. The van der Waals surface area contributed by atoms with Gasteiger partial charge in [-0.15, -0.1) is 0 Å². The molecule has 0 atom stereocenters. The summed E-state index contributed by atoms with van der Waals surface area (Å²) in [5.74, 6) is 0. The minimum Gasteiger partial charge on any atom is -0.207 e. The number of sulfonamides is 1. The first kappa shape index (κ1) is 12.3. The van der Waals surface area contributed by atoms with Crippen LogP contribution in [0.25, 0.3) is 0 Å². The Hall–Kier alpha value is -0.805. The van der Waals surface area contributed by atoms with Crippen LogP contribution in [0.3, 0.4) is 0 Å². The quantitative estimate of drug-likeness (QED) is 0.744. The average molecular weight is 223 g/mol. The molecule has 0 aliphatic carbocycles. The lowest BCUT2D eigenvalue weighted by Crippen LogP contribution is -2.42. The van der Waals surface area contributed by atoms with Gasteiger partial charge in [0.05, 0.1) is 4.90 Å². The molecular weight excluding hydrogens is 209 g/mol. The molecule has 0 bridgehead atoms. The van der Waals surface area contributed by atoms with Crippen molar-refractivity contribution in [1.29, 1.82) is 0 Å². The highest BCUT2D eigenvalue weighted by atomic mass is 32.2. The van der Waals surface area contributed by atoms with Gasteiger partial charge in [-0.3, -0.25) is 0 Å². The first-order chi connectivity index (χ1) is 6.72. The van der Waals surface area contributed by atoms with Crippen molar-refractivity contribution >= 4 is 23.3 Å². The second-order valence-corrected chi connectivity index (χ2v) is 6.04. The van der Waals surface area contributed by atoms with E-state index in [0.29, 0.717) is 0 Å². The fourth-order valence-corrected chi connectivity index (χ4v) is 2.74. The Labute approximate surface area is 92.4 Å². The van der Waals surface area contributed by atoms with Crippen molar-refractivity contribution in [3.05, 3.63) is 24.3 Å². The Morgan fingerprint density at radius 3 is 2.20 bits per heavy atom. The molecule has 5 heteroatoms. The van der Waals surface area contributed by atoms with Gasteiger partial charge in [0, 0.05) is 5.54 Å². The van der Waals surface area contributed by atoms with E-state index in [2.05, 4.69) is 4.72 Å². The third kappa shape index (κ3) is 3.36. The van der Waals surface area contributed by atoms with Gasteiger partial charge in [-0.2, -0.15) is 0 Å². The van der Waals surface area contributed by atoms with E-state index in [4.69, 9.17) is 7.85 Å². The first-order valence-electron chi connectivity index (χ1n) is 4.61. The molecule has 1 rings (SSSR count). The van der Waals surface area contributed by atoms with E-state index in [1.54, 1.807) is 39.0 Å². The summed E-state index contributed by atoms with van der Waals surface area (Å²) in [7, 11) is 2.08. The van der Waals surface area contributed by atoms with Crippen LogP contribution in [-0.4, -0.2) is 21.8 Å². The van der Waals surface area contributed by atoms with E-state index in [-0.39, 0.29) is 10.4 Å². The summed E-state index contributed by atoms with van der Waals surface area (Å²) in [6.45, 7) is 5.34. The molecule has 1 N–H and O–H groups in total. The van der Waals surface area contributed by atoms with Gasteiger partial charge in [-0.1, -0.05) is 23.7 Å². The second-order valence-electron chi connectivity index (χ2n) is 4.39. The zero-order valence-corrected chi connectivity index (χ0v) is 9.93. The van der Waals surface area contributed by atoms with Crippen molar-refractivity contribution in [2.45, 2.75) is 31.2 Å². The van der Waals surface area contributed by atoms with E-state index in [1.807, 2.05) is 0 Å². The van der Waals surface area contributed by atoms with Crippen LogP contribution in [0.15, 0.2) is 29.2 Å². The third-order valence-corrected chi connectivity index (χ3v) is 3.48. The molecule has 15 heavy (non-hydrogen) atoms. The summed E-state index contributed by atoms with van der Waals surface area (Å²) in [6.07, 6.45) is 0. The smallest absolute Gasteiger partial charge is 0.207 e. The molecule has 1 aromatic carbocycles. The van der Waals surface area contributed by atoms with Crippen LogP contribution in [0, 0.1) is 0 Å². The Morgan fingerprint density at radius 1 is 1.20 bits per heavy atom. The molecular formula is C10H14BNO2S. The maximum Gasteiger partial charge on any atom is 0.240 e. The monoisotopic (exact) mass is 223 g/mol. The van der Waals surface area contributed by atoms with E-state index in [1.165, 1.54) is 6.07 Å². The van der Waals surface area contributed by atoms with E-state index < -0.39 is 15.6 Å². The Bertz CT molecular complexity index is 449. The number of benzene rings is 1. The summed E-state index contributed by atoms with van der Waals surface area (Å²) in [6, 6.07) is 6.40. The first-order valence-corrected chi connectivity index (χ1v) is 6.09. The lowest BCUT2D eigenvalue weighted by molar-refractivity contribution is 0.492. The van der Waals surface area contributed by atoms with Crippen LogP contribution in [0.4, 0.5) is 0 Å². The molecule has 0 aliphatic rings. The molecule has 0 aromatic heterocycles. The van der Waals surface area contributed by atoms with Crippen molar-refractivity contribution in [3.63, 3.8) is 0 Å². The van der Waals surface area contributed by atoms with Gasteiger partial charge in [0.25, 0.3) is 0 Å². The van der Waals surface area contributed by atoms with Crippen LogP contribution in [0.5, 0.6) is 0 Å². The normalized spacial score (nSPS) is 12.7. The molecule has 0 heterocycles. The van der Waals surface area contributed by atoms with Gasteiger partial charge in [-0.05, 0) is 26.8 Å². The standard InChI is InChI=1S/C10H14BNO2S/c1-10(2,3)12-15(13,14)9-7-5-4-6-8(9)11/h4-7,12H,1-3H3. The topological polar surface area (TPSA) is 46.2 Å². The molecule has 0 saturated heterocycles. The van der Waals surface area contributed by atoms with Crippen molar-refractivity contribution in [3.8, 4) is 0 Å². The van der Waals surface area contributed by atoms with Crippen LogP contribution in [0.1, 0.15) is 20.8 Å².